The van der Waals surface area contributed by atoms with Crippen molar-refractivity contribution in [3.8, 4) is 0 Å². The molecule has 0 saturated heterocycles. The molecule has 1 aliphatic carbocycles. The van der Waals surface area contributed by atoms with Crippen LogP contribution < -0.4 is 0 Å². The monoisotopic (exact) mass is 129 g/mol. The van der Waals surface area contributed by atoms with Crippen LogP contribution in [0.15, 0.2) is 5.11 Å². The third-order valence-electron chi connectivity index (χ3n) is 1.30. The number of hydrogen-bond acceptors (Lipinski definition) is 2. The first kappa shape index (κ1) is 5.79. The molecular formula is C4H7N3S. The van der Waals surface area contributed by atoms with Crippen LogP contribution in [0.2, 0.25) is 0 Å². The Labute approximate surface area is 53.1 Å². The van der Waals surface area contributed by atoms with Crippen LogP contribution in [0.25, 0.3) is 10.4 Å². The van der Waals surface area contributed by atoms with Crippen molar-refractivity contribution in [3.63, 3.8) is 0 Å². The zero-order valence-corrected chi connectivity index (χ0v) is 5.25. The van der Waals surface area contributed by atoms with E-state index in [0.717, 1.165) is 12.8 Å². The van der Waals surface area contributed by atoms with Crippen LogP contribution in [0.1, 0.15) is 12.8 Å². The highest BCUT2D eigenvalue weighted by Gasteiger charge is 2.24. The predicted molar refractivity (Wildman–Crippen MR) is 34.9 cm³/mol. The molecule has 0 atom stereocenters. The van der Waals surface area contributed by atoms with Gasteiger partial charge in [0, 0.05) is 16.2 Å². The highest BCUT2D eigenvalue weighted by Crippen LogP contribution is 2.27. The van der Waals surface area contributed by atoms with E-state index >= 15 is 0 Å². The Hall–Kier alpha value is -0.340. The molecule has 0 radical (unpaired) electrons. The summed E-state index contributed by atoms with van der Waals surface area (Å²) in [5.41, 5.74) is 7.92. The van der Waals surface area contributed by atoms with Crippen molar-refractivity contribution in [3.05, 3.63) is 10.4 Å². The van der Waals surface area contributed by atoms with Crippen molar-refractivity contribution < 1.29 is 0 Å². The van der Waals surface area contributed by atoms with Gasteiger partial charge in [0.2, 0.25) is 0 Å². The second-order valence-corrected chi connectivity index (χ2v) is 2.71. The Morgan fingerprint density at radius 2 is 2.25 bits per heavy atom. The molecule has 0 unspecified atom stereocenters. The van der Waals surface area contributed by atoms with E-state index in [9.17, 15) is 0 Å². The molecule has 0 N–H and O–H groups in total. The zero-order chi connectivity index (χ0) is 5.98. The minimum Gasteiger partial charge on any atom is -0.176 e. The van der Waals surface area contributed by atoms with E-state index in [1.165, 1.54) is 0 Å². The number of azide groups is 1. The van der Waals surface area contributed by atoms with Crippen molar-refractivity contribution in [1.82, 2.24) is 0 Å². The van der Waals surface area contributed by atoms with E-state index in [1.54, 1.807) is 0 Å². The first-order chi connectivity index (χ1) is 3.83. The maximum Gasteiger partial charge on any atom is 0.0394 e. The average molecular weight is 129 g/mol. The molecule has 0 aromatic rings. The van der Waals surface area contributed by atoms with Crippen LogP contribution in [0.3, 0.4) is 0 Å². The summed E-state index contributed by atoms with van der Waals surface area (Å²) in [7, 11) is 0. The smallest absolute Gasteiger partial charge is 0.0394 e. The summed E-state index contributed by atoms with van der Waals surface area (Å²) in [6.07, 6.45) is 1.90. The summed E-state index contributed by atoms with van der Waals surface area (Å²) in [4.78, 5) is 2.68. The normalized spacial score (nSPS) is 35.1. The third-order valence-corrected chi connectivity index (χ3v) is 1.72. The topological polar surface area (TPSA) is 48.8 Å². The molecule has 1 saturated carbocycles. The molecule has 1 rings (SSSR count). The predicted octanol–water partition coefficient (Wildman–Crippen LogP) is 1.76. The lowest BCUT2D eigenvalue weighted by atomic mass is 9.93. The Balaban J connectivity index is 2.25. The van der Waals surface area contributed by atoms with E-state index in [-0.39, 0.29) is 6.04 Å². The van der Waals surface area contributed by atoms with Crippen LogP contribution in [0.5, 0.6) is 0 Å². The highest BCUT2D eigenvalue weighted by molar-refractivity contribution is 7.81. The Kier molecular flexibility index (Phi) is 1.65. The molecule has 0 aromatic carbocycles. The van der Waals surface area contributed by atoms with Crippen LogP contribution >= 0.6 is 12.6 Å². The number of thiol groups is 1. The minimum atomic E-state index is 0.238. The summed E-state index contributed by atoms with van der Waals surface area (Å²) >= 11 is 4.15. The molecule has 1 aliphatic rings. The van der Waals surface area contributed by atoms with Gasteiger partial charge in [-0.15, -0.1) is 0 Å². The van der Waals surface area contributed by atoms with Gasteiger partial charge >= 0.3 is 0 Å². The maximum atomic E-state index is 7.92. The summed E-state index contributed by atoms with van der Waals surface area (Å²) in [5, 5.41) is 3.99. The fraction of sp³-hybridized carbons (Fsp3) is 1.00. The number of hydrogen-bond donors (Lipinski definition) is 1. The lowest BCUT2D eigenvalue weighted by Gasteiger charge is -2.27. The van der Waals surface area contributed by atoms with E-state index in [4.69, 9.17) is 5.53 Å². The van der Waals surface area contributed by atoms with Gasteiger partial charge in [-0.1, -0.05) is 5.11 Å². The average Bonchev–Trinajstić information content (AvgIpc) is 1.64. The van der Waals surface area contributed by atoms with Crippen LogP contribution in [0.4, 0.5) is 0 Å². The maximum absolute atomic E-state index is 7.92. The molecule has 0 bridgehead atoms. The number of rotatable bonds is 1. The summed E-state index contributed by atoms with van der Waals surface area (Å²) < 4.78 is 0. The first-order valence-corrected chi connectivity index (χ1v) is 3.07. The van der Waals surface area contributed by atoms with Gasteiger partial charge in [-0.2, -0.15) is 12.6 Å². The molecular weight excluding hydrogens is 122 g/mol. The van der Waals surface area contributed by atoms with Gasteiger partial charge in [0.05, 0.1) is 0 Å². The van der Waals surface area contributed by atoms with E-state index in [0.29, 0.717) is 5.25 Å². The zero-order valence-electron chi connectivity index (χ0n) is 4.36. The second-order valence-electron chi connectivity index (χ2n) is 1.98. The fourth-order valence-electron chi connectivity index (χ4n) is 0.726. The summed E-state index contributed by atoms with van der Waals surface area (Å²) in [5.74, 6) is 0. The number of nitrogens with zero attached hydrogens (tertiary/aromatic N) is 3. The van der Waals surface area contributed by atoms with Gasteiger partial charge in [-0.05, 0) is 18.4 Å². The van der Waals surface area contributed by atoms with Gasteiger partial charge in [-0.25, -0.2) is 0 Å². The molecule has 3 nitrogen and oxygen atoms in total. The fourth-order valence-corrected chi connectivity index (χ4v) is 1.21. The standard InChI is InChI=1S/C4H7N3S/c5-7-6-3-1-4(8)2-3/h3-4,8H,1-2H2. The Morgan fingerprint density at radius 1 is 1.62 bits per heavy atom. The lowest BCUT2D eigenvalue weighted by molar-refractivity contribution is 0.434. The summed E-state index contributed by atoms with van der Waals surface area (Å²) in [6.45, 7) is 0. The van der Waals surface area contributed by atoms with Crippen LogP contribution in [-0.2, 0) is 0 Å². The minimum absolute atomic E-state index is 0.238. The largest absolute Gasteiger partial charge is 0.176 e. The van der Waals surface area contributed by atoms with Crippen molar-refractivity contribution in [1.29, 1.82) is 0 Å². The van der Waals surface area contributed by atoms with Crippen molar-refractivity contribution in [2.75, 3.05) is 0 Å². The van der Waals surface area contributed by atoms with Crippen molar-refractivity contribution in [2.45, 2.75) is 24.1 Å². The molecule has 44 valence electrons. The van der Waals surface area contributed by atoms with Crippen LogP contribution in [0, 0.1) is 0 Å². The molecule has 1 fully saturated rings. The molecule has 0 spiro atoms. The molecule has 0 aliphatic heterocycles. The van der Waals surface area contributed by atoms with Gasteiger partial charge in [0.15, 0.2) is 0 Å². The van der Waals surface area contributed by atoms with Gasteiger partial charge in [0.1, 0.15) is 0 Å². The molecule has 0 aromatic heterocycles. The van der Waals surface area contributed by atoms with Gasteiger partial charge in [0.25, 0.3) is 0 Å². The molecule has 0 heterocycles. The van der Waals surface area contributed by atoms with E-state index < -0.39 is 0 Å². The summed E-state index contributed by atoms with van der Waals surface area (Å²) in [6, 6.07) is 0.238. The molecule has 4 heteroatoms. The lowest BCUT2D eigenvalue weighted by Crippen LogP contribution is -2.26. The SMILES string of the molecule is [N-]=[N+]=NC1CC(S)C1. The van der Waals surface area contributed by atoms with Crippen LogP contribution in [-0.4, -0.2) is 11.3 Å². The molecule has 8 heavy (non-hydrogen) atoms. The third kappa shape index (κ3) is 1.08. The van der Waals surface area contributed by atoms with Crippen molar-refractivity contribution >= 4 is 12.6 Å². The van der Waals surface area contributed by atoms with E-state index in [1.807, 2.05) is 0 Å². The van der Waals surface area contributed by atoms with E-state index in [2.05, 4.69) is 22.7 Å². The van der Waals surface area contributed by atoms with Crippen molar-refractivity contribution in [2.24, 2.45) is 5.11 Å². The molecule has 0 amide bonds. The second kappa shape index (κ2) is 2.29. The van der Waals surface area contributed by atoms with Gasteiger partial charge in [-0.3, -0.25) is 0 Å². The quantitative estimate of drug-likeness (QED) is 0.243. The first-order valence-electron chi connectivity index (χ1n) is 2.55. The Morgan fingerprint density at radius 3 is 2.62 bits per heavy atom. The van der Waals surface area contributed by atoms with Gasteiger partial charge < -0.3 is 0 Å². The highest BCUT2D eigenvalue weighted by atomic mass is 32.1. The Bertz CT molecular complexity index is 123.